The van der Waals surface area contributed by atoms with Gasteiger partial charge in [0, 0.05) is 36.8 Å². The lowest BCUT2D eigenvalue weighted by Crippen LogP contribution is -2.49. The van der Waals surface area contributed by atoms with Crippen LogP contribution >= 0.6 is 0 Å². The summed E-state index contributed by atoms with van der Waals surface area (Å²) in [6.45, 7) is 7.17. The minimum absolute atomic E-state index is 0.248. The van der Waals surface area contributed by atoms with E-state index in [9.17, 15) is 0 Å². The van der Waals surface area contributed by atoms with Crippen molar-refractivity contribution in [1.29, 1.82) is 0 Å². The molecule has 2 aliphatic heterocycles. The predicted octanol–water partition coefficient (Wildman–Crippen LogP) is 4.12. The molecule has 2 aliphatic rings. The molecular formula is C22H30N2O3. The van der Waals surface area contributed by atoms with E-state index in [1.807, 2.05) is 12.3 Å². The molecule has 5 nitrogen and oxygen atoms in total. The smallest absolute Gasteiger partial charge is 0.120 e. The van der Waals surface area contributed by atoms with Gasteiger partial charge in [-0.05, 0) is 55.0 Å². The lowest BCUT2D eigenvalue weighted by Gasteiger charge is -2.47. The molecule has 1 aromatic heterocycles. The minimum Gasteiger partial charge on any atom is -0.498 e. The highest BCUT2D eigenvalue weighted by Gasteiger charge is 2.42. The Morgan fingerprint density at radius 2 is 2.11 bits per heavy atom. The molecule has 1 fully saturated rings. The number of hydrogen-bond acceptors (Lipinski definition) is 4. The molecule has 0 bridgehead atoms. The minimum atomic E-state index is 0.248. The van der Waals surface area contributed by atoms with E-state index in [0.717, 1.165) is 30.8 Å². The van der Waals surface area contributed by atoms with Crippen molar-refractivity contribution in [1.82, 2.24) is 9.88 Å². The van der Waals surface area contributed by atoms with Crippen LogP contribution < -0.4 is 4.74 Å². The Bertz CT molecular complexity index is 828. The van der Waals surface area contributed by atoms with Crippen LogP contribution in [0.25, 0.3) is 10.9 Å². The zero-order chi connectivity index (χ0) is 19.0. The second-order valence-corrected chi connectivity index (χ2v) is 7.75. The molecule has 1 N–H and O–H groups in total. The molecule has 5 heteroatoms. The first kappa shape index (κ1) is 18.4. The SMILES string of the molecule is CCN1CC2C(C)OC=C(COC)C2CC1c1cc2ccc(OC)cc2[nH]1. The van der Waals surface area contributed by atoms with Gasteiger partial charge in [-0.3, -0.25) is 4.90 Å². The van der Waals surface area contributed by atoms with Crippen LogP contribution in [0.15, 0.2) is 36.1 Å². The van der Waals surface area contributed by atoms with Crippen molar-refractivity contribution in [2.45, 2.75) is 32.4 Å². The summed E-state index contributed by atoms with van der Waals surface area (Å²) in [6, 6.07) is 8.90. The van der Waals surface area contributed by atoms with Gasteiger partial charge in [-0.15, -0.1) is 0 Å². The second kappa shape index (κ2) is 7.56. The molecule has 0 aliphatic carbocycles. The maximum absolute atomic E-state index is 5.93. The summed E-state index contributed by atoms with van der Waals surface area (Å²) < 4.78 is 16.8. The summed E-state index contributed by atoms with van der Waals surface area (Å²) >= 11 is 0. The first-order valence-electron chi connectivity index (χ1n) is 9.88. The van der Waals surface area contributed by atoms with Crippen LogP contribution in [0.4, 0.5) is 0 Å². The first-order chi connectivity index (χ1) is 13.1. The Balaban J connectivity index is 1.67. The third-order valence-corrected chi connectivity index (χ3v) is 6.32. The van der Waals surface area contributed by atoms with Crippen molar-refractivity contribution >= 4 is 10.9 Å². The molecule has 0 radical (unpaired) electrons. The number of aromatic nitrogens is 1. The molecule has 2 aromatic rings. The van der Waals surface area contributed by atoms with Crippen LogP contribution in [0, 0.1) is 11.8 Å². The maximum Gasteiger partial charge on any atom is 0.120 e. The third-order valence-electron chi connectivity index (χ3n) is 6.32. The van der Waals surface area contributed by atoms with E-state index >= 15 is 0 Å². The topological polar surface area (TPSA) is 46.7 Å². The molecule has 1 aromatic carbocycles. The van der Waals surface area contributed by atoms with Gasteiger partial charge >= 0.3 is 0 Å². The van der Waals surface area contributed by atoms with E-state index in [0.29, 0.717) is 24.5 Å². The molecule has 4 atom stereocenters. The number of fused-ring (bicyclic) bond motifs is 2. The summed E-state index contributed by atoms with van der Waals surface area (Å²) in [7, 11) is 3.47. The fraction of sp³-hybridized carbons (Fsp3) is 0.545. The van der Waals surface area contributed by atoms with Gasteiger partial charge in [0.2, 0.25) is 0 Å². The highest BCUT2D eigenvalue weighted by molar-refractivity contribution is 5.82. The highest BCUT2D eigenvalue weighted by Crippen LogP contribution is 2.44. The second-order valence-electron chi connectivity index (χ2n) is 7.75. The molecule has 1 saturated heterocycles. The summed E-state index contributed by atoms with van der Waals surface area (Å²) in [5.74, 6) is 1.90. The Kier molecular flexibility index (Phi) is 5.15. The van der Waals surface area contributed by atoms with Crippen LogP contribution in [-0.2, 0) is 9.47 Å². The first-order valence-corrected chi connectivity index (χ1v) is 9.88. The van der Waals surface area contributed by atoms with Gasteiger partial charge in [0.25, 0.3) is 0 Å². The van der Waals surface area contributed by atoms with Crippen molar-refractivity contribution in [3.8, 4) is 5.75 Å². The maximum atomic E-state index is 5.93. The van der Waals surface area contributed by atoms with Crippen molar-refractivity contribution in [2.24, 2.45) is 11.8 Å². The predicted molar refractivity (Wildman–Crippen MR) is 107 cm³/mol. The molecular weight excluding hydrogens is 340 g/mol. The number of ether oxygens (including phenoxy) is 3. The Labute approximate surface area is 161 Å². The van der Waals surface area contributed by atoms with E-state index in [1.54, 1.807) is 14.2 Å². The van der Waals surface area contributed by atoms with Crippen molar-refractivity contribution in [2.75, 3.05) is 33.9 Å². The molecule has 4 unspecified atom stereocenters. The van der Waals surface area contributed by atoms with Gasteiger partial charge < -0.3 is 19.2 Å². The van der Waals surface area contributed by atoms with Gasteiger partial charge in [0.15, 0.2) is 0 Å². The number of H-pyrrole nitrogens is 1. The number of rotatable bonds is 5. The number of piperidine rings is 1. The Morgan fingerprint density at radius 3 is 2.85 bits per heavy atom. The zero-order valence-electron chi connectivity index (χ0n) is 16.7. The number of nitrogens with one attached hydrogen (secondary N) is 1. The fourth-order valence-corrected chi connectivity index (χ4v) is 4.79. The lowest BCUT2D eigenvalue weighted by atomic mass is 9.73. The van der Waals surface area contributed by atoms with E-state index in [-0.39, 0.29) is 6.10 Å². The fourth-order valence-electron chi connectivity index (χ4n) is 4.79. The number of aromatic amines is 1. The number of methoxy groups -OCH3 is 2. The number of benzene rings is 1. The van der Waals surface area contributed by atoms with Crippen molar-refractivity contribution in [3.05, 3.63) is 41.8 Å². The quantitative estimate of drug-likeness (QED) is 0.860. The molecule has 27 heavy (non-hydrogen) atoms. The molecule has 146 valence electrons. The average molecular weight is 370 g/mol. The monoisotopic (exact) mass is 370 g/mol. The standard InChI is InChI=1S/C22H30N2O3/c1-5-24-11-19-14(2)27-13-16(12-25-3)18(19)10-22(24)21-8-15-6-7-17(26-4)9-20(15)23-21/h6-9,13-14,18-19,22-23H,5,10-12H2,1-4H3. The summed E-state index contributed by atoms with van der Waals surface area (Å²) in [6.07, 6.45) is 3.28. The van der Waals surface area contributed by atoms with Crippen LogP contribution in [-0.4, -0.2) is 49.9 Å². The zero-order valence-corrected chi connectivity index (χ0v) is 16.7. The normalized spacial score (nSPS) is 28.5. The van der Waals surface area contributed by atoms with Crippen LogP contribution in [0.5, 0.6) is 5.75 Å². The third kappa shape index (κ3) is 3.34. The molecule has 0 spiro atoms. The molecule has 0 saturated carbocycles. The van der Waals surface area contributed by atoms with E-state index < -0.39 is 0 Å². The Hall–Kier alpha value is -1.98. The van der Waals surface area contributed by atoms with E-state index in [1.165, 1.54) is 16.7 Å². The van der Waals surface area contributed by atoms with Gasteiger partial charge in [-0.2, -0.15) is 0 Å². The Morgan fingerprint density at radius 1 is 1.26 bits per heavy atom. The highest BCUT2D eigenvalue weighted by atomic mass is 16.5. The van der Waals surface area contributed by atoms with Crippen molar-refractivity contribution < 1.29 is 14.2 Å². The number of likely N-dealkylation sites (tertiary alicyclic amines) is 1. The van der Waals surface area contributed by atoms with Crippen LogP contribution in [0.1, 0.15) is 32.0 Å². The summed E-state index contributed by atoms with van der Waals surface area (Å²) in [5.41, 5.74) is 3.71. The number of nitrogens with zero attached hydrogens (tertiary/aromatic N) is 1. The molecule has 0 amide bonds. The molecule has 4 rings (SSSR count). The van der Waals surface area contributed by atoms with Crippen molar-refractivity contribution in [3.63, 3.8) is 0 Å². The number of hydrogen-bond donors (Lipinski definition) is 1. The van der Waals surface area contributed by atoms with E-state index in [2.05, 4.69) is 41.9 Å². The molecule has 3 heterocycles. The lowest BCUT2D eigenvalue weighted by molar-refractivity contribution is -0.0238. The van der Waals surface area contributed by atoms with Crippen LogP contribution in [0.2, 0.25) is 0 Å². The van der Waals surface area contributed by atoms with Crippen LogP contribution in [0.3, 0.4) is 0 Å². The van der Waals surface area contributed by atoms with E-state index in [4.69, 9.17) is 14.2 Å². The van der Waals surface area contributed by atoms with Gasteiger partial charge in [0.05, 0.1) is 32.1 Å². The summed E-state index contributed by atoms with van der Waals surface area (Å²) in [5, 5.41) is 1.23. The van der Waals surface area contributed by atoms with Gasteiger partial charge in [-0.25, -0.2) is 0 Å². The summed E-state index contributed by atoms with van der Waals surface area (Å²) in [4.78, 5) is 6.24. The largest absolute Gasteiger partial charge is 0.498 e. The van der Waals surface area contributed by atoms with Gasteiger partial charge in [0.1, 0.15) is 5.75 Å². The van der Waals surface area contributed by atoms with Gasteiger partial charge in [-0.1, -0.05) is 6.92 Å². The average Bonchev–Trinajstić information content (AvgIpc) is 3.12.